The molecule has 3 N–H and O–H groups in total. The first-order chi connectivity index (χ1) is 12.1. The number of carbonyl (C=O) groups is 1. The summed E-state index contributed by atoms with van der Waals surface area (Å²) in [6.45, 7) is 1.12. The van der Waals surface area contributed by atoms with Crippen molar-refractivity contribution >= 4 is 44.8 Å². The lowest BCUT2D eigenvalue weighted by atomic mass is 10.2. The van der Waals surface area contributed by atoms with E-state index in [0.29, 0.717) is 28.8 Å². The third-order valence-electron chi connectivity index (χ3n) is 3.64. The average molecular weight is 416 g/mol. The van der Waals surface area contributed by atoms with E-state index in [2.05, 4.69) is 5.32 Å². The fourth-order valence-electron chi connectivity index (χ4n) is 2.26. The lowest BCUT2D eigenvalue weighted by molar-refractivity contribution is -0.116. The van der Waals surface area contributed by atoms with Gasteiger partial charge in [0.1, 0.15) is 0 Å². The maximum absolute atomic E-state index is 12.0. The number of benzene rings is 2. The number of anilines is 1. The molecule has 0 aliphatic rings. The number of nitrogens with two attached hydrogens (primary N) is 1. The summed E-state index contributed by atoms with van der Waals surface area (Å²) in [6.07, 6.45) is 0.276. The molecule has 0 saturated carbocycles. The Morgan fingerprint density at radius 1 is 1.15 bits per heavy atom. The molecule has 0 spiro atoms. The van der Waals surface area contributed by atoms with Crippen molar-refractivity contribution in [2.24, 2.45) is 5.14 Å². The zero-order chi connectivity index (χ0) is 19.3. The van der Waals surface area contributed by atoms with Gasteiger partial charge in [-0.2, -0.15) is 0 Å². The predicted molar refractivity (Wildman–Crippen MR) is 104 cm³/mol. The number of sulfonamides is 1. The molecular weight excluding hydrogens is 397 g/mol. The van der Waals surface area contributed by atoms with E-state index < -0.39 is 10.0 Å². The highest BCUT2D eigenvalue weighted by atomic mass is 35.5. The van der Waals surface area contributed by atoms with Crippen LogP contribution < -0.4 is 10.5 Å². The molecule has 1 amide bonds. The second-order valence-electron chi connectivity index (χ2n) is 5.84. The summed E-state index contributed by atoms with van der Waals surface area (Å²) in [5, 5.41) is 8.91. The summed E-state index contributed by atoms with van der Waals surface area (Å²) < 4.78 is 22.4. The first-order valence-corrected chi connectivity index (χ1v) is 10.0. The lowest BCUT2D eigenvalue weighted by Crippen LogP contribution is -2.24. The minimum atomic E-state index is -3.74. The minimum absolute atomic E-state index is 0.00456. The molecule has 2 aromatic carbocycles. The van der Waals surface area contributed by atoms with E-state index in [-0.39, 0.29) is 17.2 Å². The van der Waals surface area contributed by atoms with E-state index in [4.69, 9.17) is 28.3 Å². The Labute approximate surface area is 162 Å². The van der Waals surface area contributed by atoms with E-state index in [0.717, 1.165) is 5.56 Å². The fourth-order valence-corrected chi connectivity index (χ4v) is 3.25. The maximum Gasteiger partial charge on any atom is 0.238 e. The van der Waals surface area contributed by atoms with Crippen LogP contribution in [0.3, 0.4) is 0 Å². The molecule has 0 aromatic heterocycles. The van der Waals surface area contributed by atoms with Gasteiger partial charge < -0.3 is 10.2 Å². The Hall–Kier alpha value is -1.64. The molecule has 0 heterocycles. The molecule has 0 saturated heterocycles. The van der Waals surface area contributed by atoms with Gasteiger partial charge in [-0.05, 0) is 49.0 Å². The Morgan fingerprint density at radius 2 is 1.81 bits per heavy atom. The van der Waals surface area contributed by atoms with Crippen molar-refractivity contribution in [1.29, 1.82) is 0 Å². The molecule has 0 atom stereocenters. The summed E-state index contributed by atoms with van der Waals surface area (Å²) in [6, 6.07) is 11.0. The first-order valence-electron chi connectivity index (χ1n) is 7.70. The van der Waals surface area contributed by atoms with Crippen molar-refractivity contribution in [3.05, 3.63) is 58.1 Å². The molecule has 6 nitrogen and oxygen atoms in total. The summed E-state index contributed by atoms with van der Waals surface area (Å²) in [7, 11) is -1.86. The number of primary sulfonamides is 1. The third kappa shape index (κ3) is 6.26. The van der Waals surface area contributed by atoms with Crippen LogP contribution in [0.15, 0.2) is 47.4 Å². The molecule has 9 heteroatoms. The SMILES string of the molecule is CN(CCC(=O)Nc1ccc(S(N)(=O)=O)cc1)Cc1ccc(Cl)cc1Cl. The van der Waals surface area contributed by atoms with Crippen LogP contribution in [0.5, 0.6) is 0 Å². The Morgan fingerprint density at radius 3 is 2.38 bits per heavy atom. The molecule has 2 aromatic rings. The minimum Gasteiger partial charge on any atom is -0.326 e. The molecular formula is C17H19Cl2N3O3S. The van der Waals surface area contributed by atoms with Crippen molar-refractivity contribution in [1.82, 2.24) is 4.90 Å². The fraction of sp³-hybridized carbons (Fsp3) is 0.235. The zero-order valence-corrected chi connectivity index (χ0v) is 16.4. The van der Waals surface area contributed by atoms with Crippen LogP contribution in [0, 0.1) is 0 Å². The van der Waals surface area contributed by atoms with Crippen LogP contribution in [0.1, 0.15) is 12.0 Å². The largest absolute Gasteiger partial charge is 0.326 e. The van der Waals surface area contributed by atoms with Gasteiger partial charge in [-0.15, -0.1) is 0 Å². The molecule has 0 aliphatic heterocycles. The summed E-state index contributed by atoms with van der Waals surface area (Å²) >= 11 is 12.0. The van der Waals surface area contributed by atoms with E-state index >= 15 is 0 Å². The van der Waals surface area contributed by atoms with Crippen molar-refractivity contribution in [2.75, 3.05) is 18.9 Å². The number of hydrogen-bond donors (Lipinski definition) is 2. The predicted octanol–water partition coefficient (Wildman–Crippen LogP) is 3.10. The number of amides is 1. The number of halogens is 2. The molecule has 26 heavy (non-hydrogen) atoms. The topological polar surface area (TPSA) is 92.5 Å². The van der Waals surface area contributed by atoms with E-state index in [1.807, 2.05) is 18.0 Å². The van der Waals surface area contributed by atoms with Crippen molar-refractivity contribution in [3.63, 3.8) is 0 Å². The highest BCUT2D eigenvalue weighted by Gasteiger charge is 2.10. The second kappa shape index (κ2) is 8.83. The highest BCUT2D eigenvalue weighted by molar-refractivity contribution is 7.89. The normalized spacial score (nSPS) is 11.6. The van der Waals surface area contributed by atoms with Gasteiger partial charge in [-0.1, -0.05) is 29.3 Å². The van der Waals surface area contributed by atoms with Crippen LogP contribution in [0.25, 0.3) is 0 Å². The Kier molecular flexibility index (Phi) is 7.02. The summed E-state index contributed by atoms with van der Waals surface area (Å²) in [5.74, 6) is -0.178. The molecule has 0 fully saturated rings. The van der Waals surface area contributed by atoms with Crippen LogP contribution >= 0.6 is 23.2 Å². The van der Waals surface area contributed by atoms with E-state index in [9.17, 15) is 13.2 Å². The van der Waals surface area contributed by atoms with Gasteiger partial charge in [0.2, 0.25) is 15.9 Å². The van der Waals surface area contributed by atoms with Crippen LogP contribution in [0.2, 0.25) is 10.0 Å². The Bertz CT molecular complexity index is 887. The second-order valence-corrected chi connectivity index (χ2v) is 8.25. The molecule has 140 valence electrons. The first kappa shape index (κ1) is 20.7. The van der Waals surface area contributed by atoms with Crippen molar-refractivity contribution in [2.45, 2.75) is 17.9 Å². The van der Waals surface area contributed by atoms with Gasteiger partial charge in [-0.25, -0.2) is 13.6 Å². The number of nitrogens with zero attached hydrogens (tertiary/aromatic N) is 1. The Balaban J connectivity index is 1.84. The van der Waals surface area contributed by atoms with Gasteiger partial charge in [0.05, 0.1) is 4.90 Å². The van der Waals surface area contributed by atoms with Crippen LogP contribution in [-0.2, 0) is 21.4 Å². The quantitative estimate of drug-likeness (QED) is 0.726. The monoisotopic (exact) mass is 415 g/mol. The standard InChI is InChI=1S/C17H19Cl2N3O3S/c1-22(11-12-2-3-13(18)10-16(12)19)9-8-17(23)21-14-4-6-15(7-5-14)26(20,24)25/h2-7,10H,8-9,11H2,1H3,(H,21,23)(H2,20,24,25). The van der Waals surface area contributed by atoms with Crippen molar-refractivity contribution < 1.29 is 13.2 Å². The number of carbonyl (C=O) groups excluding carboxylic acids is 1. The summed E-state index contributed by atoms with van der Waals surface area (Å²) in [4.78, 5) is 14.0. The molecule has 2 rings (SSSR count). The molecule has 0 bridgehead atoms. The van der Waals surface area contributed by atoms with Crippen molar-refractivity contribution in [3.8, 4) is 0 Å². The van der Waals surface area contributed by atoms with Gasteiger partial charge in [0.25, 0.3) is 0 Å². The zero-order valence-electron chi connectivity index (χ0n) is 14.1. The van der Waals surface area contributed by atoms with Crippen LogP contribution in [0.4, 0.5) is 5.69 Å². The summed E-state index contributed by atoms with van der Waals surface area (Å²) in [5.41, 5.74) is 1.43. The van der Waals surface area contributed by atoms with Gasteiger partial charge >= 0.3 is 0 Å². The molecule has 0 aliphatic carbocycles. The highest BCUT2D eigenvalue weighted by Crippen LogP contribution is 2.22. The molecule has 0 radical (unpaired) electrons. The average Bonchev–Trinajstić information content (AvgIpc) is 2.55. The van der Waals surface area contributed by atoms with Gasteiger partial charge in [0.15, 0.2) is 0 Å². The number of rotatable bonds is 7. The smallest absolute Gasteiger partial charge is 0.238 e. The van der Waals surface area contributed by atoms with Gasteiger partial charge in [0, 0.05) is 35.2 Å². The van der Waals surface area contributed by atoms with E-state index in [1.165, 1.54) is 24.3 Å². The number of nitrogens with one attached hydrogen (secondary N) is 1. The maximum atomic E-state index is 12.0. The van der Waals surface area contributed by atoms with Gasteiger partial charge in [-0.3, -0.25) is 4.79 Å². The third-order valence-corrected chi connectivity index (χ3v) is 5.16. The molecule has 0 unspecified atom stereocenters. The van der Waals surface area contributed by atoms with E-state index in [1.54, 1.807) is 12.1 Å². The lowest BCUT2D eigenvalue weighted by Gasteiger charge is -2.17. The van der Waals surface area contributed by atoms with Crippen LogP contribution in [-0.4, -0.2) is 32.8 Å². The number of hydrogen-bond acceptors (Lipinski definition) is 4.